The van der Waals surface area contributed by atoms with Crippen LogP contribution < -0.4 is 0 Å². The molecule has 2 rings (SSSR count). The normalized spacial score (nSPS) is 12.3. The molecule has 0 saturated carbocycles. The molecule has 0 spiro atoms. The summed E-state index contributed by atoms with van der Waals surface area (Å²) in [5, 5.41) is 3.92. The summed E-state index contributed by atoms with van der Waals surface area (Å²) in [4.78, 5) is 19.1. The lowest BCUT2D eigenvalue weighted by molar-refractivity contribution is -0.291. The van der Waals surface area contributed by atoms with Crippen LogP contribution in [-0.4, -0.2) is 38.5 Å². The van der Waals surface area contributed by atoms with E-state index in [1.54, 1.807) is 7.05 Å². The fourth-order valence-corrected chi connectivity index (χ4v) is 2.02. The van der Waals surface area contributed by atoms with E-state index < -0.39 is 36.1 Å². The van der Waals surface area contributed by atoms with E-state index in [1.807, 2.05) is 0 Å². The van der Waals surface area contributed by atoms with Crippen molar-refractivity contribution >= 4 is 5.97 Å². The summed E-state index contributed by atoms with van der Waals surface area (Å²) in [6, 6.07) is 1.24. The smallest absolute Gasteiger partial charge is 0.459 e. The number of aryl methyl sites for hydroxylation is 1. The van der Waals surface area contributed by atoms with Crippen LogP contribution in [0.5, 0.6) is 0 Å². The summed E-state index contributed by atoms with van der Waals surface area (Å²) in [5.41, 5.74) is -2.23. The SMILES string of the molecule is CCOC(=O)c1ccc(C(F)(F)C(F)(F)F)nc1COCc1ncn(C)n1. The van der Waals surface area contributed by atoms with Gasteiger partial charge in [0.2, 0.25) is 0 Å². The second-order valence-electron chi connectivity index (χ2n) is 5.31. The minimum atomic E-state index is -5.83. The number of nitrogens with zero attached hydrogens (tertiary/aromatic N) is 4. The number of carbonyl (C=O) groups excluding carboxylic acids is 1. The van der Waals surface area contributed by atoms with Crippen LogP contribution in [0.15, 0.2) is 18.5 Å². The third-order valence-electron chi connectivity index (χ3n) is 3.26. The second-order valence-corrected chi connectivity index (χ2v) is 5.31. The fourth-order valence-electron chi connectivity index (χ4n) is 2.02. The quantitative estimate of drug-likeness (QED) is 0.531. The number of hydrogen-bond acceptors (Lipinski definition) is 6. The third kappa shape index (κ3) is 4.76. The lowest BCUT2D eigenvalue weighted by Crippen LogP contribution is -2.35. The predicted molar refractivity (Wildman–Crippen MR) is 79.6 cm³/mol. The number of halogens is 5. The molecule has 7 nitrogen and oxygen atoms in total. The Hall–Kier alpha value is -2.63. The lowest BCUT2D eigenvalue weighted by Gasteiger charge is -2.20. The molecular weight excluding hydrogens is 379 g/mol. The number of alkyl halides is 5. The second kappa shape index (κ2) is 7.94. The number of aromatic nitrogens is 4. The molecule has 0 bridgehead atoms. The van der Waals surface area contributed by atoms with E-state index in [-0.39, 0.29) is 24.6 Å². The zero-order valence-electron chi connectivity index (χ0n) is 14.3. The van der Waals surface area contributed by atoms with Gasteiger partial charge in [0.15, 0.2) is 5.82 Å². The van der Waals surface area contributed by atoms with Gasteiger partial charge in [-0.15, -0.1) is 0 Å². The molecule has 0 unspecified atom stereocenters. The van der Waals surface area contributed by atoms with Crippen molar-refractivity contribution in [2.45, 2.75) is 32.2 Å². The van der Waals surface area contributed by atoms with Crippen molar-refractivity contribution in [1.29, 1.82) is 0 Å². The van der Waals surface area contributed by atoms with Crippen molar-refractivity contribution < 1.29 is 36.2 Å². The van der Waals surface area contributed by atoms with Crippen LogP contribution in [-0.2, 0) is 35.7 Å². The Kier molecular flexibility index (Phi) is 6.08. The van der Waals surface area contributed by atoms with Crippen molar-refractivity contribution in [3.8, 4) is 0 Å². The van der Waals surface area contributed by atoms with Gasteiger partial charge in [-0.2, -0.15) is 27.1 Å². The first-order valence-electron chi connectivity index (χ1n) is 7.60. The Bertz CT molecular complexity index is 807. The molecule has 0 fully saturated rings. The molecule has 0 aromatic carbocycles. The molecule has 2 aromatic heterocycles. The van der Waals surface area contributed by atoms with Gasteiger partial charge < -0.3 is 9.47 Å². The first kappa shape index (κ1) is 20.7. The van der Waals surface area contributed by atoms with E-state index in [2.05, 4.69) is 15.1 Å². The molecule has 0 radical (unpaired) electrons. The summed E-state index contributed by atoms with van der Waals surface area (Å²) in [6.07, 6.45) is -4.44. The van der Waals surface area contributed by atoms with Gasteiger partial charge in [-0.3, -0.25) is 4.68 Å². The molecule has 12 heteroatoms. The number of ether oxygens (including phenoxy) is 2. The number of carbonyl (C=O) groups is 1. The summed E-state index contributed by atoms with van der Waals surface area (Å²) in [6.45, 7) is 0.816. The van der Waals surface area contributed by atoms with E-state index in [0.29, 0.717) is 6.07 Å². The van der Waals surface area contributed by atoms with Crippen LogP contribution in [0, 0.1) is 0 Å². The monoisotopic (exact) mass is 394 g/mol. The standard InChI is InChI=1S/C15H15F5N4O3/c1-3-27-13(25)9-4-5-11(14(16,17)15(18,19)20)22-10(9)6-26-7-12-21-8-24(2)23-12/h4-5,8H,3,6-7H2,1-2H3. The lowest BCUT2D eigenvalue weighted by atomic mass is 10.1. The van der Waals surface area contributed by atoms with Gasteiger partial charge in [-0.25, -0.2) is 14.8 Å². The first-order chi connectivity index (χ1) is 12.6. The Morgan fingerprint density at radius 3 is 2.44 bits per heavy atom. The average Bonchev–Trinajstić information content (AvgIpc) is 2.99. The van der Waals surface area contributed by atoms with Crippen LogP contribution in [0.4, 0.5) is 22.0 Å². The van der Waals surface area contributed by atoms with Gasteiger partial charge in [0, 0.05) is 7.05 Å². The molecule has 148 valence electrons. The number of esters is 1. The van der Waals surface area contributed by atoms with Gasteiger partial charge in [-0.05, 0) is 19.1 Å². The highest BCUT2D eigenvalue weighted by atomic mass is 19.4. The van der Waals surface area contributed by atoms with E-state index >= 15 is 0 Å². The number of pyridine rings is 1. The van der Waals surface area contributed by atoms with Crippen LogP contribution in [0.2, 0.25) is 0 Å². The summed E-state index contributed by atoms with van der Waals surface area (Å²) in [5.74, 6) is -5.84. The Morgan fingerprint density at radius 2 is 1.89 bits per heavy atom. The summed E-state index contributed by atoms with van der Waals surface area (Å²) >= 11 is 0. The molecule has 0 saturated heterocycles. The number of hydrogen-bond donors (Lipinski definition) is 0. The molecule has 2 heterocycles. The van der Waals surface area contributed by atoms with Crippen molar-refractivity contribution in [3.05, 3.63) is 41.2 Å². The fraction of sp³-hybridized carbons (Fsp3) is 0.467. The molecule has 0 amide bonds. The van der Waals surface area contributed by atoms with Crippen LogP contribution in [0.3, 0.4) is 0 Å². The van der Waals surface area contributed by atoms with Gasteiger partial charge in [0.25, 0.3) is 0 Å². The van der Waals surface area contributed by atoms with E-state index in [4.69, 9.17) is 9.47 Å². The predicted octanol–water partition coefficient (Wildman–Crippen LogP) is 2.76. The van der Waals surface area contributed by atoms with Gasteiger partial charge in [0.05, 0.1) is 24.5 Å². The van der Waals surface area contributed by atoms with Crippen molar-refractivity contribution in [2.75, 3.05) is 6.61 Å². The van der Waals surface area contributed by atoms with E-state index in [1.165, 1.54) is 17.9 Å². The Balaban J connectivity index is 2.28. The van der Waals surface area contributed by atoms with E-state index in [0.717, 1.165) is 6.07 Å². The highest BCUT2D eigenvalue weighted by molar-refractivity contribution is 5.90. The molecule has 2 aromatic rings. The van der Waals surface area contributed by atoms with Crippen LogP contribution >= 0.6 is 0 Å². The van der Waals surface area contributed by atoms with Crippen LogP contribution in [0.1, 0.15) is 34.5 Å². The highest BCUT2D eigenvalue weighted by Crippen LogP contribution is 2.43. The van der Waals surface area contributed by atoms with Crippen molar-refractivity contribution in [1.82, 2.24) is 19.7 Å². The molecule has 0 aliphatic carbocycles. The Morgan fingerprint density at radius 1 is 1.19 bits per heavy atom. The number of rotatable bonds is 7. The third-order valence-corrected chi connectivity index (χ3v) is 3.26. The maximum Gasteiger partial charge on any atom is 0.459 e. The summed E-state index contributed by atoms with van der Waals surface area (Å²) in [7, 11) is 1.61. The van der Waals surface area contributed by atoms with Gasteiger partial charge >= 0.3 is 18.1 Å². The van der Waals surface area contributed by atoms with Crippen molar-refractivity contribution in [2.24, 2.45) is 7.05 Å². The summed E-state index contributed by atoms with van der Waals surface area (Å²) < 4.78 is 76.2. The minimum Gasteiger partial charge on any atom is -0.462 e. The van der Waals surface area contributed by atoms with Gasteiger partial charge in [-0.1, -0.05) is 0 Å². The zero-order chi connectivity index (χ0) is 20.2. The minimum absolute atomic E-state index is 0.0164. The molecule has 27 heavy (non-hydrogen) atoms. The van der Waals surface area contributed by atoms with Gasteiger partial charge in [0.1, 0.15) is 18.6 Å². The molecular formula is C15H15F5N4O3. The Labute approximate surface area is 150 Å². The molecule has 0 N–H and O–H groups in total. The highest BCUT2D eigenvalue weighted by Gasteiger charge is 2.60. The first-order valence-corrected chi connectivity index (χ1v) is 7.60. The topological polar surface area (TPSA) is 79.1 Å². The maximum atomic E-state index is 13.5. The molecule has 0 aliphatic rings. The molecule has 0 atom stereocenters. The zero-order valence-corrected chi connectivity index (χ0v) is 14.3. The van der Waals surface area contributed by atoms with Crippen LogP contribution in [0.25, 0.3) is 0 Å². The molecule has 0 aliphatic heterocycles. The maximum absolute atomic E-state index is 13.5. The van der Waals surface area contributed by atoms with Crippen molar-refractivity contribution in [3.63, 3.8) is 0 Å². The average molecular weight is 394 g/mol. The van der Waals surface area contributed by atoms with E-state index in [9.17, 15) is 26.7 Å². The largest absolute Gasteiger partial charge is 0.462 e.